The third-order valence-electron chi connectivity index (χ3n) is 1.85. The fraction of sp³-hybridized carbons (Fsp3) is 0.182. The molecule has 0 fully saturated rings. The minimum Gasteiger partial charge on any atom is -0.298 e. The lowest BCUT2D eigenvalue weighted by Gasteiger charge is -1.96. The molecule has 0 aromatic heterocycles. The maximum absolute atomic E-state index is 13.0. The highest BCUT2D eigenvalue weighted by atomic mass is 19.1. The molecule has 0 saturated heterocycles. The van der Waals surface area contributed by atoms with E-state index in [1.165, 1.54) is 12.1 Å². The first-order valence-electron chi connectivity index (χ1n) is 4.69. The third-order valence-corrected chi connectivity index (χ3v) is 1.85. The molecule has 0 spiro atoms. The quantitative estimate of drug-likeness (QED) is 0.246. The summed E-state index contributed by atoms with van der Waals surface area (Å²) in [6.07, 6.45) is 4.62. The normalized spacial score (nSPS) is 10.1. The number of hydrogen-bond donors (Lipinski definition) is 0. The van der Waals surface area contributed by atoms with Gasteiger partial charge in [-0.25, -0.2) is 4.39 Å². The number of halogens is 1. The third kappa shape index (κ3) is 3.94. The Kier molecular flexibility index (Phi) is 4.76. The van der Waals surface area contributed by atoms with Crippen LogP contribution in [-0.2, 0) is 0 Å². The summed E-state index contributed by atoms with van der Waals surface area (Å²) in [5.41, 5.74) is 8.95. The minimum absolute atomic E-state index is 0.301. The molecule has 1 aromatic carbocycles. The second kappa shape index (κ2) is 6.37. The second-order valence-corrected chi connectivity index (χ2v) is 3.08. The first kappa shape index (κ1) is 11.9. The minimum atomic E-state index is -0.445. The highest BCUT2D eigenvalue weighted by Crippen LogP contribution is 2.09. The van der Waals surface area contributed by atoms with E-state index in [0.717, 1.165) is 0 Å². The largest absolute Gasteiger partial charge is 0.298 e. The first-order valence-corrected chi connectivity index (χ1v) is 4.69. The van der Waals surface area contributed by atoms with Crippen LogP contribution in [0.4, 0.5) is 4.39 Å². The summed E-state index contributed by atoms with van der Waals surface area (Å²) >= 11 is 0. The maximum Gasteiger partial charge on any atom is 0.150 e. The van der Waals surface area contributed by atoms with Crippen LogP contribution in [0.25, 0.3) is 16.5 Å². The van der Waals surface area contributed by atoms with E-state index in [-0.39, 0.29) is 0 Å². The van der Waals surface area contributed by atoms with Gasteiger partial charge in [0.25, 0.3) is 0 Å². The van der Waals surface area contributed by atoms with Crippen molar-refractivity contribution >= 4 is 12.4 Å². The van der Waals surface area contributed by atoms with Gasteiger partial charge in [-0.1, -0.05) is 17.3 Å². The molecule has 1 rings (SSSR count). The number of hydrogen-bond acceptors (Lipinski definition) is 2. The Morgan fingerprint density at radius 3 is 2.81 bits per heavy atom. The van der Waals surface area contributed by atoms with Crippen LogP contribution in [0.3, 0.4) is 0 Å². The molecule has 1 aromatic rings. The van der Waals surface area contributed by atoms with E-state index in [9.17, 15) is 9.18 Å². The zero-order chi connectivity index (χ0) is 11.8. The summed E-state index contributed by atoms with van der Waals surface area (Å²) in [5, 5.41) is 3.35. The van der Waals surface area contributed by atoms with Crippen LogP contribution in [0, 0.1) is 5.82 Å². The van der Waals surface area contributed by atoms with Gasteiger partial charge in [-0.05, 0) is 35.7 Å². The summed E-state index contributed by atoms with van der Waals surface area (Å²) in [6, 6.07) is 4.08. The molecule has 16 heavy (non-hydrogen) atoms. The number of rotatable bonds is 5. The molecular weight excluding hydrogens is 209 g/mol. The van der Waals surface area contributed by atoms with Gasteiger partial charge in [0.2, 0.25) is 0 Å². The number of aldehydes is 1. The van der Waals surface area contributed by atoms with Crippen LogP contribution < -0.4 is 0 Å². The predicted molar refractivity (Wildman–Crippen MR) is 59.5 cm³/mol. The SMILES string of the molecule is [N-]=[N+]=NCCC=Cc1cc(F)cc(C=O)c1. The van der Waals surface area contributed by atoms with Gasteiger partial charge in [-0.3, -0.25) is 4.79 Å². The van der Waals surface area contributed by atoms with Crippen molar-refractivity contribution in [2.75, 3.05) is 6.54 Å². The number of azide groups is 1. The van der Waals surface area contributed by atoms with E-state index in [1.807, 2.05) is 0 Å². The van der Waals surface area contributed by atoms with Crippen LogP contribution in [0.2, 0.25) is 0 Å². The Balaban J connectivity index is 2.69. The highest BCUT2D eigenvalue weighted by molar-refractivity contribution is 5.76. The van der Waals surface area contributed by atoms with Crippen LogP contribution in [-0.4, -0.2) is 12.8 Å². The highest BCUT2D eigenvalue weighted by Gasteiger charge is 1.96. The van der Waals surface area contributed by atoms with Gasteiger partial charge in [-0.15, -0.1) is 0 Å². The molecule has 82 valence electrons. The van der Waals surface area contributed by atoms with Gasteiger partial charge in [0.1, 0.15) is 12.1 Å². The summed E-state index contributed by atoms with van der Waals surface area (Å²) < 4.78 is 13.0. The standard InChI is InChI=1S/C11H10FN3O/c12-11-6-9(5-10(7-11)8-16)3-1-2-4-14-15-13/h1,3,5-8H,2,4H2. The maximum atomic E-state index is 13.0. The molecule has 0 bridgehead atoms. The monoisotopic (exact) mass is 219 g/mol. The molecular formula is C11H10FN3O. The van der Waals surface area contributed by atoms with Crippen molar-refractivity contribution in [3.63, 3.8) is 0 Å². The summed E-state index contributed by atoms with van der Waals surface area (Å²) in [7, 11) is 0. The average Bonchev–Trinajstić information content (AvgIpc) is 2.28. The predicted octanol–water partition coefficient (Wildman–Crippen LogP) is 3.35. The summed E-state index contributed by atoms with van der Waals surface area (Å²) in [4.78, 5) is 13.1. The number of nitrogens with zero attached hydrogens (tertiary/aromatic N) is 3. The Labute approximate surface area is 92.0 Å². The van der Waals surface area contributed by atoms with Crippen molar-refractivity contribution < 1.29 is 9.18 Å². The van der Waals surface area contributed by atoms with Crippen molar-refractivity contribution in [1.29, 1.82) is 0 Å². The average molecular weight is 219 g/mol. The zero-order valence-electron chi connectivity index (χ0n) is 8.51. The van der Waals surface area contributed by atoms with Crippen LogP contribution in [0.5, 0.6) is 0 Å². The zero-order valence-corrected chi connectivity index (χ0v) is 8.51. The molecule has 0 aliphatic heterocycles. The van der Waals surface area contributed by atoms with E-state index in [1.54, 1.807) is 18.2 Å². The molecule has 0 radical (unpaired) electrons. The molecule has 0 saturated carbocycles. The van der Waals surface area contributed by atoms with Crippen LogP contribution in [0.15, 0.2) is 29.4 Å². The Bertz CT molecular complexity index is 451. The van der Waals surface area contributed by atoms with E-state index in [4.69, 9.17) is 5.53 Å². The van der Waals surface area contributed by atoms with Gasteiger partial charge in [0, 0.05) is 17.0 Å². The van der Waals surface area contributed by atoms with Crippen molar-refractivity contribution in [2.24, 2.45) is 5.11 Å². The summed E-state index contributed by atoms with van der Waals surface area (Å²) in [6.45, 7) is 0.364. The fourth-order valence-electron chi connectivity index (χ4n) is 1.20. The van der Waals surface area contributed by atoms with Gasteiger partial charge >= 0.3 is 0 Å². The van der Waals surface area contributed by atoms with Crippen molar-refractivity contribution in [2.45, 2.75) is 6.42 Å². The van der Waals surface area contributed by atoms with E-state index in [2.05, 4.69) is 10.0 Å². The second-order valence-electron chi connectivity index (χ2n) is 3.08. The van der Waals surface area contributed by atoms with Gasteiger partial charge in [-0.2, -0.15) is 0 Å². The van der Waals surface area contributed by atoms with Gasteiger partial charge in [0.15, 0.2) is 0 Å². The fourth-order valence-corrected chi connectivity index (χ4v) is 1.20. The van der Waals surface area contributed by atoms with Crippen molar-refractivity contribution in [3.8, 4) is 0 Å². The molecule has 0 amide bonds. The molecule has 0 atom stereocenters. The molecule has 4 nitrogen and oxygen atoms in total. The Morgan fingerprint density at radius 1 is 1.38 bits per heavy atom. The Morgan fingerprint density at radius 2 is 2.12 bits per heavy atom. The van der Waals surface area contributed by atoms with E-state index in [0.29, 0.717) is 30.4 Å². The smallest absolute Gasteiger partial charge is 0.150 e. The lowest BCUT2D eigenvalue weighted by atomic mass is 10.1. The number of benzene rings is 1. The lowest BCUT2D eigenvalue weighted by Crippen LogP contribution is -1.85. The van der Waals surface area contributed by atoms with Crippen molar-refractivity contribution in [3.05, 3.63) is 51.7 Å². The topological polar surface area (TPSA) is 65.8 Å². The van der Waals surface area contributed by atoms with Gasteiger partial charge in [0.05, 0.1) is 0 Å². The van der Waals surface area contributed by atoms with Crippen LogP contribution >= 0.6 is 0 Å². The summed E-state index contributed by atoms with van der Waals surface area (Å²) in [5.74, 6) is -0.445. The van der Waals surface area contributed by atoms with E-state index < -0.39 is 5.82 Å². The molecule has 0 N–H and O–H groups in total. The number of carbonyl (C=O) groups is 1. The Hall–Kier alpha value is -2.13. The van der Waals surface area contributed by atoms with Gasteiger partial charge < -0.3 is 0 Å². The van der Waals surface area contributed by atoms with E-state index >= 15 is 0 Å². The molecule has 5 heteroatoms. The molecule has 0 heterocycles. The number of carbonyl (C=O) groups excluding carboxylic acids is 1. The first-order chi connectivity index (χ1) is 7.76. The lowest BCUT2D eigenvalue weighted by molar-refractivity contribution is 0.112. The molecule has 0 aliphatic carbocycles. The van der Waals surface area contributed by atoms with Crippen LogP contribution in [0.1, 0.15) is 22.3 Å². The van der Waals surface area contributed by atoms with Crippen molar-refractivity contribution in [1.82, 2.24) is 0 Å². The molecule has 0 unspecified atom stereocenters. The molecule has 0 aliphatic rings.